The highest BCUT2D eigenvalue weighted by Gasteiger charge is 2.19. The molecule has 108 valence electrons. The maximum atomic E-state index is 13.3. The smallest absolute Gasteiger partial charge is 0.123 e. The van der Waals surface area contributed by atoms with Gasteiger partial charge in [-0.1, -0.05) is 26.8 Å². The predicted octanol–water partition coefficient (Wildman–Crippen LogP) is 4.16. The number of thiazole rings is 1. The number of rotatable bonds is 3. The highest BCUT2D eigenvalue weighted by atomic mass is 32.1. The number of aromatic nitrogens is 1. The molecule has 0 bridgehead atoms. The number of nitrogens with zero attached hydrogens (tertiary/aromatic N) is 1. The van der Waals surface area contributed by atoms with Crippen molar-refractivity contribution in [3.63, 3.8) is 0 Å². The van der Waals surface area contributed by atoms with Crippen LogP contribution in [-0.4, -0.2) is 10.1 Å². The van der Waals surface area contributed by atoms with Gasteiger partial charge in [0.25, 0.3) is 0 Å². The van der Waals surface area contributed by atoms with E-state index in [2.05, 4.69) is 25.8 Å². The Balaban J connectivity index is 2.17. The fraction of sp³-hybridized carbons (Fsp3) is 0.438. The van der Waals surface area contributed by atoms with Gasteiger partial charge in [0.2, 0.25) is 0 Å². The second-order valence-corrected chi connectivity index (χ2v) is 7.04. The van der Waals surface area contributed by atoms with E-state index in [9.17, 15) is 9.50 Å². The van der Waals surface area contributed by atoms with E-state index in [1.165, 1.54) is 12.1 Å². The van der Waals surface area contributed by atoms with Crippen molar-refractivity contribution in [2.24, 2.45) is 0 Å². The molecule has 0 fully saturated rings. The Labute approximate surface area is 123 Å². The molecule has 0 saturated heterocycles. The van der Waals surface area contributed by atoms with Crippen LogP contribution in [0, 0.1) is 12.7 Å². The van der Waals surface area contributed by atoms with E-state index in [0.717, 1.165) is 16.3 Å². The zero-order valence-corrected chi connectivity index (χ0v) is 13.1. The lowest BCUT2D eigenvalue weighted by Gasteiger charge is -2.15. The molecule has 0 radical (unpaired) electrons. The minimum absolute atomic E-state index is 0.00841. The first kappa shape index (κ1) is 15.1. The molecule has 20 heavy (non-hydrogen) atoms. The normalized spacial score (nSPS) is 13.5. The number of hydrogen-bond donors (Lipinski definition) is 1. The molecule has 1 atom stereocenters. The summed E-state index contributed by atoms with van der Waals surface area (Å²) in [4.78, 5) is 4.56. The molecule has 0 aliphatic carbocycles. The van der Waals surface area contributed by atoms with E-state index in [1.54, 1.807) is 17.4 Å². The van der Waals surface area contributed by atoms with Crippen LogP contribution in [0.25, 0.3) is 0 Å². The van der Waals surface area contributed by atoms with Gasteiger partial charge in [0.05, 0.1) is 16.8 Å². The quantitative estimate of drug-likeness (QED) is 0.921. The molecule has 1 aromatic carbocycles. The molecule has 1 unspecified atom stereocenters. The van der Waals surface area contributed by atoms with Crippen molar-refractivity contribution >= 4 is 11.3 Å². The number of aryl methyl sites for hydroxylation is 1. The summed E-state index contributed by atoms with van der Waals surface area (Å²) in [6.07, 6.45) is -0.296. The molecular weight excluding hydrogens is 273 g/mol. The number of aliphatic hydroxyl groups excluding tert-OH is 1. The zero-order valence-electron chi connectivity index (χ0n) is 12.3. The SMILES string of the molecule is Cc1ccc(F)cc1C(O)Cc1nc(C(C)(C)C)cs1. The maximum absolute atomic E-state index is 13.3. The third kappa shape index (κ3) is 3.44. The molecule has 4 heteroatoms. The maximum Gasteiger partial charge on any atom is 0.123 e. The van der Waals surface area contributed by atoms with Crippen molar-refractivity contribution in [1.82, 2.24) is 4.98 Å². The van der Waals surface area contributed by atoms with Crippen LogP contribution in [0.3, 0.4) is 0 Å². The second kappa shape index (κ2) is 5.62. The van der Waals surface area contributed by atoms with E-state index in [0.29, 0.717) is 12.0 Å². The summed E-state index contributed by atoms with van der Waals surface area (Å²) in [6.45, 7) is 8.21. The monoisotopic (exact) mass is 293 g/mol. The van der Waals surface area contributed by atoms with E-state index >= 15 is 0 Å². The van der Waals surface area contributed by atoms with Gasteiger partial charge in [0, 0.05) is 17.2 Å². The van der Waals surface area contributed by atoms with Crippen molar-refractivity contribution < 1.29 is 9.50 Å². The molecule has 1 N–H and O–H groups in total. The van der Waals surface area contributed by atoms with Crippen molar-refractivity contribution in [3.8, 4) is 0 Å². The van der Waals surface area contributed by atoms with E-state index < -0.39 is 6.10 Å². The minimum Gasteiger partial charge on any atom is -0.388 e. The van der Waals surface area contributed by atoms with E-state index in [4.69, 9.17) is 0 Å². The van der Waals surface area contributed by atoms with Crippen molar-refractivity contribution in [2.45, 2.75) is 45.6 Å². The van der Waals surface area contributed by atoms with Gasteiger partial charge < -0.3 is 5.11 Å². The van der Waals surface area contributed by atoms with Crippen LogP contribution in [0.2, 0.25) is 0 Å². The molecule has 1 heterocycles. The van der Waals surface area contributed by atoms with Crippen LogP contribution in [0.15, 0.2) is 23.6 Å². The first-order chi connectivity index (χ1) is 9.27. The Bertz CT molecular complexity index is 601. The Hall–Kier alpha value is -1.26. The van der Waals surface area contributed by atoms with Gasteiger partial charge in [0.1, 0.15) is 5.82 Å². The lowest BCUT2D eigenvalue weighted by atomic mass is 9.93. The lowest BCUT2D eigenvalue weighted by molar-refractivity contribution is 0.177. The highest BCUT2D eigenvalue weighted by molar-refractivity contribution is 7.09. The molecule has 2 rings (SSSR count). The average molecular weight is 293 g/mol. The van der Waals surface area contributed by atoms with Crippen LogP contribution in [0.1, 0.15) is 48.7 Å². The molecule has 0 aliphatic rings. The molecule has 1 aromatic heterocycles. The Morgan fingerprint density at radius 1 is 1.35 bits per heavy atom. The van der Waals surface area contributed by atoms with Gasteiger partial charge in [-0.15, -0.1) is 11.3 Å². The summed E-state index contributed by atoms with van der Waals surface area (Å²) in [6, 6.07) is 4.50. The summed E-state index contributed by atoms with van der Waals surface area (Å²) < 4.78 is 13.3. The number of aliphatic hydroxyl groups is 1. The first-order valence-corrected chi connectivity index (χ1v) is 7.54. The number of benzene rings is 1. The molecule has 0 saturated carbocycles. The van der Waals surface area contributed by atoms with Gasteiger partial charge >= 0.3 is 0 Å². The van der Waals surface area contributed by atoms with Crippen molar-refractivity contribution in [3.05, 3.63) is 51.2 Å². The third-order valence-corrected chi connectivity index (χ3v) is 4.16. The Morgan fingerprint density at radius 2 is 2.05 bits per heavy atom. The van der Waals surface area contributed by atoms with Crippen LogP contribution < -0.4 is 0 Å². The summed E-state index contributed by atoms with van der Waals surface area (Å²) >= 11 is 1.54. The largest absolute Gasteiger partial charge is 0.388 e. The molecule has 2 aromatic rings. The topological polar surface area (TPSA) is 33.1 Å². The van der Waals surface area contributed by atoms with Crippen LogP contribution >= 0.6 is 11.3 Å². The van der Waals surface area contributed by atoms with Gasteiger partial charge in [0.15, 0.2) is 0 Å². The molecule has 0 spiro atoms. The Kier molecular flexibility index (Phi) is 4.25. The molecular formula is C16H20FNOS. The number of halogens is 1. The molecule has 2 nitrogen and oxygen atoms in total. The molecule has 0 amide bonds. The van der Waals surface area contributed by atoms with Crippen molar-refractivity contribution in [2.75, 3.05) is 0 Å². The van der Waals surface area contributed by atoms with E-state index in [1.807, 2.05) is 12.3 Å². The van der Waals surface area contributed by atoms with Crippen LogP contribution in [0.4, 0.5) is 4.39 Å². The Morgan fingerprint density at radius 3 is 2.65 bits per heavy atom. The predicted molar refractivity (Wildman–Crippen MR) is 80.6 cm³/mol. The van der Waals surface area contributed by atoms with Crippen molar-refractivity contribution in [1.29, 1.82) is 0 Å². The first-order valence-electron chi connectivity index (χ1n) is 6.66. The summed E-state index contributed by atoms with van der Waals surface area (Å²) in [5.74, 6) is -0.320. The zero-order chi connectivity index (χ0) is 14.9. The highest BCUT2D eigenvalue weighted by Crippen LogP contribution is 2.28. The fourth-order valence-electron chi connectivity index (χ4n) is 1.99. The number of hydrogen-bond acceptors (Lipinski definition) is 3. The van der Waals surface area contributed by atoms with E-state index in [-0.39, 0.29) is 11.2 Å². The van der Waals surface area contributed by atoms with Crippen LogP contribution in [0.5, 0.6) is 0 Å². The summed E-state index contributed by atoms with van der Waals surface area (Å²) in [7, 11) is 0. The second-order valence-electron chi connectivity index (χ2n) is 6.10. The van der Waals surface area contributed by atoms with Gasteiger partial charge in [-0.25, -0.2) is 9.37 Å². The third-order valence-electron chi connectivity index (χ3n) is 3.29. The van der Waals surface area contributed by atoms with Gasteiger partial charge in [-0.2, -0.15) is 0 Å². The molecule has 0 aliphatic heterocycles. The summed E-state index contributed by atoms with van der Waals surface area (Å²) in [5.41, 5.74) is 2.57. The average Bonchev–Trinajstić information content (AvgIpc) is 2.80. The summed E-state index contributed by atoms with van der Waals surface area (Å²) in [5, 5.41) is 13.2. The minimum atomic E-state index is -0.718. The lowest BCUT2D eigenvalue weighted by Crippen LogP contribution is -2.12. The standard InChI is InChI=1S/C16H20FNOS/c1-10-5-6-11(17)7-12(10)13(19)8-15-18-14(9-20-15)16(2,3)4/h5-7,9,13,19H,8H2,1-4H3. The fourth-order valence-corrected chi connectivity index (χ4v) is 3.05. The van der Waals surface area contributed by atoms with Gasteiger partial charge in [-0.05, 0) is 30.2 Å². The van der Waals surface area contributed by atoms with Crippen LogP contribution in [-0.2, 0) is 11.8 Å². The van der Waals surface area contributed by atoms with Gasteiger partial charge in [-0.3, -0.25) is 0 Å².